The summed E-state index contributed by atoms with van der Waals surface area (Å²) in [6, 6.07) is 0. The van der Waals surface area contributed by atoms with Gasteiger partial charge in [-0.15, -0.1) is 0 Å². The third kappa shape index (κ3) is 3.57. The lowest BCUT2D eigenvalue weighted by molar-refractivity contribution is -0.210. The second-order valence-corrected chi connectivity index (χ2v) is 12.0. The minimum atomic E-state index is -1.23. The number of allylic oxidation sites excluding steroid dienone is 3. The van der Waals surface area contributed by atoms with Crippen molar-refractivity contribution in [3.63, 3.8) is 0 Å². The molecule has 4 heteroatoms. The Kier molecular flexibility index (Phi) is 6.26. The Labute approximate surface area is 188 Å². The molecule has 0 spiro atoms. The SMILES string of the molecule is CC(C)=CCCC(CO)C1CCC2C3=CC(O)C4(O)CC(O)CCC4(C)C3CCC21C. The van der Waals surface area contributed by atoms with Gasteiger partial charge in [0.25, 0.3) is 0 Å². The molecule has 4 aliphatic carbocycles. The van der Waals surface area contributed by atoms with Crippen molar-refractivity contribution in [3.8, 4) is 0 Å². The fourth-order valence-corrected chi connectivity index (χ4v) is 8.37. The summed E-state index contributed by atoms with van der Waals surface area (Å²) in [5, 5.41) is 43.1. The van der Waals surface area contributed by atoms with Gasteiger partial charge in [-0.3, -0.25) is 0 Å². The van der Waals surface area contributed by atoms with Crippen molar-refractivity contribution in [3.05, 3.63) is 23.3 Å². The molecule has 9 atom stereocenters. The van der Waals surface area contributed by atoms with Crippen molar-refractivity contribution in [1.29, 1.82) is 0 Å². The number of aliphatic hydroxyl groups is 4. The molecule has 0 aromatic carbocycles. The number of rotatable bonds is 5. The lowest BCUT2D eigenvalue weighted by Crippen LogP contribution is -2.65. The van der Waals surface area contributed by atoms with E-state index in [9.17, 15) is 20.4 Å². The third-order valence-corrected chi connectivity index (χ3v) is 10.2. The molecule has 3 saturated carbocycles. The van der Waals surface area contributed by atoms with Gasteiger partial charge in [-0.05, 0) is 94.3 Å². The van der Waals surface area contributed by atoms with Crippen molar-refractivity contribution in [2.75, 3.05) is 6.61 Å². The average molecular weight is 433 g/mol. The van der Waals surface area contributed by atoms with Crippen LogP contribution in [0.25, 0.3) is 0 Å². The van der Waals surface area contributed by atoms with E-state index in [1.807, 2.05) is 6.08 Å². The summed E-state index contributed by atoms with van der Waals surface area (Å²) in [7, 11) is 0. The van der Waals surface area contributed by atoms with Crippen LogP contribution in [-0.4, -0.2) is 44.8 Å². The molecule has 0 radical (unpaired) electrons. The van der Waals surface area contributed by atoms with E-state index in [1.165, 1.54) is 11.1 Å². The van der Waals surface area contributed by atoms with E-state index in [0.29, 0.717) is 24.2 Å². The second-order valence-electron chi connectivity index (χ2n) is 12.0. The highest BCUT2D eigenvalue weighted by Crippen LogP contribution is 2.67. The molecule has 0 aromatic rings. The minimum absolute atomic E-state index is 0.153. The van der Waals surface area contributed by atoms with Crippen LogP contribution in [0.2, 0.25) is 0 Å². The number of hydrogen-bond acceptors (Lipinski definition) is 4. The van der Waals surface area contributed by atoms with E-state index in [4.69, 9.17) is 0 Å². The summed E-state index contributed by atoms with van der Waals surface area (Å²) in [4.78, 5) is 0. The first-order valence-electron chi connectivity index (χ1n) is 12.6. The third-order valence-electron chi connectivity index (χ3n) is 10.2. The summed E-state index contributed by atoms with van der Waals surface area (Å²) in [5.41, 5.74) is 1.25. The molecule has 4 rings (SSSR count). The molecule has 0 amide bonds. The molecule has 0 saturated heterocycles. The predicted molar refractivity (Wildman–Crippen MR) is 123 cm³/mol. The monoisotopic (exact) mass is 432 g/mol. The van der Waals surface area contributed by atoms with Crippen LogP contribution >= 0.6 is 0 Å². The number of fused-ring (bicyclic) bond motifs is 5. The molecule has 0 bridgehead atoms. The Hall–Kier alpha value is -0.680. The maximum Gasteiger partial charge on any atom is 0.102 e. The van der Waals surface area contributed by atoms with Crippen LogP contribution in [0.5, 0.6) is 0 Å². The summed E-state index contributed by atoms with van der Waals surface area (Å²) >= 11 is 0. The summed E-state index contributed by atoms with van der Waals surface area (Å²) in [6.07, 6.45) is 11.0. The summed E-state index contributed by atoms with van der Waals surface area (Å²) in [6.45, 7) is 9.11. The van der Waals surface area contributed by atoms with Gasteiger partial charge in [-0.2, -0.15) is 0 Å². The van der Waals surface area contributed by atoms with Crippen molar-refractivity contribution in [2.24, 2.45) is 34.5 Å². The van der Waals surface area contributed by atoms with Crippen molar-refractivity contribution in [1.82, 2.24) is 0 Å². The lowest BCUT2D eigenvalue weighted by atomic mass is 9.45. The van der Waals surface area contributed by atoms with Gasteiger partial charge in [0.15, 0.2) is 0 Å². The largest absolute Gasteiger partial charge is 0.396 e. The van der Waals surface area contributed by atoms with Gasteiger partial charge >= 0.3 is 0 Å². The van der Waals surface area contributed by atoms with E-state index < -0.39 is 17.8 Å². The van der Waals surface area contributed by atoms with Crippen molar-refractivity contribution < 1.29 is 20.4 Å². The molecular formula is C27H44O4. The zero-order valence-corrected chi connectivity index (χ0v) is 20.0. The van der Waals surface area contributed by atoms with Gasteiger partial charge in [-0.1, -0.05) is 37.1 Å². The van der Waals surface area contributed by atoms with Gasteiger partial charge in [0.05, 0.1) is 6.10 Å². The maximum absolute atomic E-state index is 11.6. The zero-order valence-electron chi connectivity index (χ0n) is 20.0. The molecule has 4 N–H and O–H groups in total. The maximum atomic E-state index is 11.6. The highest BCUT2D eigenvalue weighted by Gasteiger charge is 2.65. The molecular weight excluding hydrogens is 388 g/mol. The Morgan fingerprint density at radius 2 is 1.84 bits per heavy atom. The molecule has 176 valence electrons. The second kappa shape index (κ2) is 8.27. The smallest absolute Gasteiger partial charge is 0.102 e. The van der Waals surface area contributed by atoms with Gasteiger partial charge < -0.3 is 20.4 Å². The van der Waals surface area contributed by atoms with E-state index in [1.54, 1.807) is 0 Å². The van der Waals surface area contributed by atoms with Crippen LogP contribution in [0.1, 0.15) is 85.5 Å². The quantitative estimate of drug-likeness (QED) is 0.487. The zero-order chi connectivity index (χ0) is 22.6. The fourth-order valence-electron chi connectivity index (χ4n) is 8.37. The van der Waals surface area contributed by atoms with Gasteiger partial charge in [0, 0.05) is 18.4 Å². The number of aliphatic hydroxyl groups excluding tert-OH is 3. The Bertz CT molecular complexity index is 740. The van der Waals surface area contributed by atoms with Gasteiger partial charge in [0.1, 0.15) is 11.7 Å². The predicted octanol–water partition coefficient (Wildman–Crippen LogP) is 4.37. The topological polar surface area (TPSA) is 80.9 Å². The molecule has 4 aliphatic rings. The van der Waals surface area contributed by atoms with E-state index >= 15 is 0 Å². The minimum Gasteiger partial charge on any atom is -0.396 e. The molecule has 3 fully saturated rings. The van der Waals surface area contributed by atoms with Gasteiger partial charge in [0.2, 0.25) is 0 Å². The van der Waals surface area contributed by atoms with Gasteiger partial charge in [-0.25, -0.2) is 0 Å². The normalized spacial score (nSPS) is 47.6. The van der Waals surface area contributed by atoms with Crippen LogP contribution in [-0.2, 0) is 0 Å². The average Bonchev–Trinajstić information content (AvgIpc) is 3.05. The van der Waals surface area contributed by atoms with Crippen LogP contribution in [0.4, 0.5) is 0 Å². The van der Waals surface area contributed by atoms with E-state index in [-0.39, 0.29) is 29.8 Å². The molecule has 0 aliphatic heterocycles. The van der Waals surface area contributed by atoms with E-state index in [2.05, 4.69) is 33.8 Å². The Balaban J connectivity index is 1.62. The highest BCUT2D eigenvalue weighted by molar-refractivity contribution is 5.33. The molecule has 0 aromatic heterocycles. The number of hydrogen-bond donors (Lipinski definition) is 4. The summed E-state index contributed by atoms with van der Waals surface area (Å²) < 4.78 is 0. The first kappa shape index (κ1) is 23.5. The van der Waals surface area contributed by atoms with Crippen LogP contribution < -0.4 is 0 Å². The Morgan fingerprint density at radius 3 is 2.52 bits per heavy atom. The fraction of sp³-hybridized carbons (Fsp3) is 0.852. The highest BCUT2D eigenvalue weighted by atomic mass is 16.3. The van der Waals surface area contributed by atoms with Crippen molar-refractivity contribution in [2.45, 2.75) is 103 Å². The first-order chi connectivity index (χ1) is 14.6. The molecule has 31 heavy (non-hydrogen) atoms. The molecule has 0 heterocycles. The van der Waals surface area contributed by atoms with E-state index in [0.717, 1.165) is 44.9 Å². The van der Waals surface area contributed by atoms with Crippen molar-refractivity contribution >= 4 is 0 Å². The van der Waals surface area contributed by atoms with Crippen LogP contribution in [0.15, 0.2) is 23.3 Å². The summed E-state index contributed by atoms with van der Waals surface area (Å²) in [5.74, 6) is 1.54. The molecule has 4 nitrogen and oxygen atoms in total. The lowest BCUT2D eigenvalue weighted by Gasteiger charge is -2.62. The molecule has 9 unspecified atom stereocenters. The van der Waals surface area contributed by atoms with Crippen LogP contribution in [0.3, 0.4) is 0 Å². The standard InChI is InChI=1S/C27H44O4/c1-17(2)6-5-7-18(16-28)21-8-9-22-20-14-24(30)27(31)15-19(29)10-13-26(27,4)23(20)11-12-25(21,22)3/h6,14,18-19,21-24,28-31H,5,7-13,15-16H2,1-4H3. The first-order valence-corrected chi connectivity index (χ1v) is 12.6. The Morgan fingerprint density at radius 1 is 1.10 bits per heavy atom. The van der Waals surface area contributed by atoms with Crippen LogP contribution in [0, 0.1) is 34.5 Å².